The van der Waals surface area contributed by atoms with Gasteiger partial charge in [0, 0.05) is 25.7 Å². The van der Waals surface area contributed by atoms with Crippen LogP contribution in [0.3, 0.4) is 0 Å². The molecule has 2 aliphatic heterocycles. The molecule has 2 heterocycles. The zero-order chi connectivity index (χ0) is 11.5. The summed E-state index contributed by atoms with van der Waals surface area (Å²) in [5.74, 6) is 0.722. The van der Waals surface area contributed by atoms with Crippen LogP contribution in [-0.4, -0.2) is 48.2 Å². The molecule has 0 aromatic heterocycles. The van der Waals surface area contributed by atoms with Crippen LogP contribution in [0.4, 0.5) is 0 Å². The third-order valence-corrected chi connectivity index (χ3v) is 3.88. The van der Waals surface area contributed by atoms with Gasteiger partial charge in [-0.25, -0.2) is 0 Å². The van der Waals surface area contributed by atoms with E-state index >= 15 is 0 Å². The van der Waals surface area contributed by atoms with Crippen LogP contribution in [0.5, 0.6) is 0 Å². The van der Waals surface area contributed by atoms with Crippen LogP contribution in [0.2, 0.25) is 0 Å². The first-order chi connectivity index (χ1) is 7.66. The standard InChI is InChI=1S/C13H27N3/c1-11(2)9-12(14)10-16-8-4-7-15-6-3-5-13(15)16/h11-13H,3-10,14H2,1-2H3/t12-,13+/m0/s1. The highest BCUT2D eigenvalue weighted by molar-refractivity contribution is 4.86. The van der Waals surface area contributed by atoms with Crippen LogP contribution in [0, 0.1) is 5.92 Å². The molecule has 0 aromatic carbocycles. The quantitative estimate of drug-likeness (QED) is 0.787. The van der Waals surface area contributed by atoms with Gasteiger partial charge in [-0.3, -0.25) is 9.80 Å². The van der Waals surface area contributed by atoms with Crippen molar-refractivity contribution in [3.05, 3.63) is 0 Å². The average Bonchev–Trinajstić information content (AvgIpc) is 2.65. The fourth-order valence-corrected chi connectivity index (χ4v) is 3.30. The third kappa shape index (κ3) is 2.96. The highest BCUT2D eigenvalue weighted by atomic mass is 15.4. The van der Waals surface area contributed by atoms with Crippen molar-refractivity contribution >= 4 is 0 Å². The Balaban J connectivity index is 1.83. The summed E-state index contributed by atoms with van der Waals surface area (Å²) in [5.41, 5.74) is 6.23. The first-order valence-electron chi connectivity index (χ1n) is 6.90. The fourth-order valence-electron chi connectivity index (χ4n) is 3.30. The van der Waals surface area contributed by atoms with Crippen molar-refractivity contribution in [1.82, 2.24) is 9.80 Å². The van der Waals surface area contributed by atoms with E-state index in [-0.39, 0.29) is 0 Å². The molecule has 16 heavy (non-hydrogen) atoms. The van der Waals surface area contributed by atoms with Crippen molar-refractivity contribution in [3.63, 3.8) is 0 Å². The van der Waals surface area contributed by atoms with Gasteiger partial charge in [-0.05, 0) is 38.1 Å². The summed E-state index contributed by atoms with van der Waals surface area (Å²) in [7, 11) is 0. The molecule has 0 spiro atoms. The SMILES string of the molecule is CC(C)C[C@H](N)CN1CCCN2CCC[C@H]21. The normalized spacial score (nSPS) is 29.6. The Labute approximate surface area is 100.0 Å². The number of hydrogen-bond donors (Lipinski definition) is 1. The molecule has 3 heteroatoms. The maximum Gasteiger partial charge on any atom is 0.0623 e. The van der Waals surface area contributed by atoms with Gasteiger partial charge in [0.2, 0.25) is 0 Å². The molecule has 0 saturated carbocycles. The zero-order valence-corrected chi connectivity index (χ0v) is 10.9. The Kier molecular flexibility index (Phi) is 4.22. The molecule has 0 amide bonds. The molecule has 2 fully saturated rings. The van der Waals surface area contributed by atoms with Crippen LogP contribution in [0.1, 0.15) is 39.5 Å². The molecular weight excluding hydrogens is 198 g/mol. The average molecular weight is 225 g/mol. The lowest BCUT2D eigenvalue weighted by molar-refractivity contribution is 0.0292. The molecule has 3 nitrogen and oxygen atoms in total. The molecular formula is C13H27N3. The Morgan fingerprint density at radius 1 is 1.19 bits per heavy atom. The van der Waals surface area contributed by atoms with Crippen molar-refractivity contribution in [2.45, 2.75) is 51.7 Å². The van der Waals surface area contributed by atoms with Gasteiger partial charge in [-0.2, -0.15) is 0 Å². The van der Waals surface area contributed by atoms with Crippen molar-refractivity contribution in [1.29, 1.82) is 0 Å². The summed E-state index contributed by atoms with van der Waals surface area (Å²) in [6, 6.07) is 0.362. The van der Waals surface area contributed by atoms with Gasteiger partial charge in [0.15, 0.2) is 0 Å². The molecule has 2 atom stereocenters. The smallest absolute Gasteiger partial charge is 0.0623 e. The lowest BCUT2D eigenvalue weighted by Gasteiger charge is -2.41. The second-order valence-corrected chi connectivity index (χ2v) is 5.90. The van der Waals surface area contributed by atoms with Crippen LogP contribution in [-0.2, 0) is 0 Å². The first kappa shape index (κ1) is 12.3. The maximum absolute atomic E-state index is 6.23. The minimum Gasteiger partial charge on any atom is -0.327 e. The van der Waals surface area contributed by atoms with E-state index in [1.165, 1.54) is 38.9 Å². The van der Waals surface area contributed by atoms with Gasteiger partial charge in [0.25, 0.3) is 0 Å². The molecule has 2 rings (SSSR count). The number of hydrogen-bond acceptors (Lipinski definition) is 3. The Morgan fingerprint density at radius 2 is 1.94 bits per heavy atom. The van der Waals surface area contributed by atoms with E-state index in [2.05, 4.69) is 23.6 Å². The van der Waals surface area contributed by atoms with E-state index in [9.17, 15) is 0 Å². The fraction of sp³-hybridized carbons (Fsp3) is 1.00. The predicted octanol–water partition coefficient (Wildman–Crippen LogP) is 1.49. The molecule has 2 saturated heterocycles. The monoisotopic (exact) mass is 225 g/mol. The molecule has 2 aliphatic rings. The third-order valence-electron chi connectivity index (χ3n) is 3.88. The Hall–Kier alpha value is -0.120. The second-order valence-electron chi connectivity index (χ2n) is 5.90. The summed E-state index contributed by atoms with van der Waals surface area (Å²) in [6.07, 6.45) is 5.93. The Bertz CT molecular complexity index is 217. The summed E-state index contributed by atoms with van der Waals surface area (Å²) in [4.78, 5) is 5.27. The highest BCUT2D eigenvalue weighted by Crippen LogP contribution is 2.25. The molecule has 0 unspecified atom stereocenters. The van der Waals surface area contributed by atoms with Crippen LogP contribution < -0.4 is 5.73 Å². The highest BCUT2D eigenvalue weighted by Gasteiger charge is 2.33. The number of nitrogens with two attached hydrogens (primary N) is 1. The Morgan fingerprint density at radius 3 is 2.69 bits per heavy atom. The number of rotatable bonds is 4. The van der Waals surface area contributed by atoms with Crippen LogP contribution >= 0.6 is 0 Å². The summed E-state index contributed by atoms with van der Waals surface area (Å²) in [6.45, 7) is 9.49. The first-order valence-corrected chi connectivity index (χ1v) is 6.90. The molecule has 94 valence electrons. The van der Waals surface area contributed by atoms with Crippen molar-refractivity contribution in [2.24, 2.45) is 11.7 Å². The maximum atomic E-state index is 6.23. The van der Waals surface area contributed by atoms with Crippen LogP contribution in [0.15, 0.2) is 0 Å². The predicted molar refractivity (Wildman–Crippen MR) is 68.2 cm³/mol. The zero-order valence-electron chi connectivity index (χ0n) is 10.9. The van der Waals surface area contributed by atoms with Crippen molar-refractivity contribution < 1.29 is 0 Å². The lowest BCUT2D eigenvalue weighted by Crippen LogP contribution is -2.53. The molecule has 0 aliphatic carbocycles. The van der Waals surface area contributed by atoms with Gasteiger partial charge >= 0.3 is 0 Å². The lowest BCUT2D eigenvalue weighted by atomic mass is 10.0. The van der Waals surface area contributed by atoms with Gasteiger partial charge in [0.1, 0.15) is 0 Å². The van der Waals surface area contributed by atoms with Gasteiger partial charge in [-0.1, -0.05) is 13.8 Å². The van der Waals surface area contributed by atoms with E-state index in [0.29, 0.717) is 12.2 Å². The molecule has 0 aromatic rings. The van der Waals surface area contributed by atoms with Crippen LogP contribution in [0.25, 0.3) is 0 Å². The van der Waals surface area contributed by atoms with Gasteiger partial charge in [-0.15, -0.1) is 0 Å². The minimum atomic E-state index is 0.362. The van der Waals surface area contributed by atoms with Crippen molar-refractivity contribution in [2.75, 3.05) is 26.2 Å². The van der Waals surface area contributed by atoms with E-state index in [1.807, 2.05) is 0 Å². The number of nitrogens with zero attached hydrogens (tertiary/aromatic N) is 2. The molecule has 0 radical (unpaired) electrons. The van der Waals surface area contributed by atoms with E-state index in [0.717, 1.165) is 18.9 Å². The largest absolute Gasteiger partial charge is 0.327 e. The van der Waals surface area contributed by atoms with E-state index < -0.39 is 0 Å². The second kappa shape index (κ2) is 5.48. The van der Waals surface area contributed by atoms with E-state index in [4.69, 9.17) is 5.73 Å². The summed E-state index contributed by atoms with van der Waals surface area (Å²) in [5, 5.41) is 0. The molecule has 2 N–H and O–H groups in total. The topological polar surface area (TPSA) is 32.5 Å². The summed E-state index contributed by atoms with van der Waals surface area (Å²) >= 11 is 0. The minimum absolute atomic E-state index is 0.362. The van der Waals surface area contributed by atoms with E-state index in [1.54, 1.807) is 0 Å². The van der Waals surface area contributed by atoms with Gasteiger partial charge < -0.3 is 5.73 Å². The van der Waals surface area contributed by atoms with Gasteiger partial charge in [0.05, 0.1) is 6.17 Å². The summed E-state index contributed by atoms with van der Waals surface area (Å²) < 4.78 is 0. The van der Waals surface area contributed by atoms with Crippen molar-refractivity contribution in [3.8, 4) is 0 Å². The molecule has 0 bridgehead atoms. The number of fused-ring (bicyclic) bond motifs is 1.